The largest absolute Gasteiger partial charge is 0.355 e. The zero-order valence-corrected chi connectivity index (χ0v) is 15.2. The van der Waals surface area contributed by atoms with Crippen molar-refractivity contribution < 1.29 is 9.59 Å². The highest BCUT2D eigenvalue weighted by atomic mass is 32.2. The van der Waals surface area contributed by atoms with Crippen LogP contribution in [0, 0.1) is 0 Å². The number of nitrogens with one attached hydrogen (secondary N) is 3. The molecule has 136 valence electrons. The third kappa shape index (κ3) is 3.36. The van der Waals surface area contributed by atoms with Crippen molar-refractivity contribution in [1.29, 1.82) is 0 Å². The molecule has 0 fully saturated rings. The van der Waals surface area contributed by atoms with E-state index < -0.39 is 0 Å². The molecule has 0 bridgehead atoms. The number of H-pyrrole nitrogens is 1. The normalized spacial score (nSPS) is 11.0. The van der Waals surface area contributed by atoms with E-state index in [2.05, 4.69) is 25.8 Å². The molecule has 0 unspecified atom stereocenters. The molecule has 3 N–H and O–H groups in total. The number of anilines is 1. The minimum absolute atomic E-state index is 0.159. The number of aromatic amines is 1. The highest BCUT2D eigenvalue weighted by molar-refractivity contribution is 7.99. The Kier molecular flexibility index (Phi) is 4.51. The topological polar surface area (TPSA) is 104 Å². The van der Waals surface area contributed by atoms with Crippen molar-refractivity contribution >= 4 is 46.1 Å². The lowest BCUT2D eigenvalue weighted by Gasteiger charge is -2.06. The molecule has 2 heterocycles. The summed E-state index contributed by atoms with van der Waals surface area (Å²) in [5.74, 6) is 0.514. The van der Waals surface area contributed by atoms with Crippen LogP contribution in [0.4, 0.5) is 5.69 Å². The Bertz CT molecular complexity index is 1130. The molecule has 0 aliphatic rings. The number of fused-ring (bicyclic) bond motifs is 3. The predicted octanol–water partition coefficient (Wildman–Crippen LogP) is 2.30. The first kappa shape index (κ1) is 17.1. The first-order chi connectivity index (χ1) is 13.2. The van der Waals surface area contributed by atoms with Crippen LogP contribution in [-0.4, -0.2) is 44.2 Å². The first-order valence-electron chi connectivity index (χ1n) is 8.22. The van der Waals surface area contributed by atoms with E-state index in [4.69, 9.17) is 0 Å². The second-order valence-electron chi connectivity index (χ2n) is 5.76. The van der Waals surface area contributed by atoms with Gasteiger partial charge in [-0.3, -0.25) is 14.0 Å². The third-order valence-electron chi connectivity index (χ3n) is 3.99. The van der Waals surface area contributed by atoms with Crippen molar-refractivity contribution in [3.63, 3.8) is 0 Å². The van der Waals surface area contributed by atoms with Gasteiger partial charge in [0.15, 0.2) is 5.16 Å². The van der Waals surface area contributed by atoms with Crippen molar-refractivity contribution in [2.45, 2.75) is 5.16 Å². The summed E-state index contributed by atoms with van der Waals surface area (Å²) < 4.78 is 1.89. The molecule has 0 atom stereocenters. The van der Waals surface area contributed by atoms with Crippen LogP contribution in [0.2, 0.25) is 0 Å². The Labute approximate surface area is 158 Å². The number of benzene rings is 2. The van der Waals surface area contributed by atoms with Crippen molar-refractivity contribution in [3.05, 3.63) is 54.1 Å². The second kappa shape index (κ2) is 7.12. The van der Waals surface area contributed by atoms with Gasteiger partial charge < -0.3 is 10.6 Å². The number of imidazole rings is 1. The molecule has 4 aromatic rings. The SMILES string of the molecule is CNC(=O)c1ccc(NC(=O)CSc2n[nH]c3nc4ccccc4n23)cc1. The third-order valence-corrected chi connectivity index (χ3v) is 4.93. The lowest BCUT2D eigenvalue weighted by atomic mass is 10.2. The number of amides is 2. The molecule has 0 saturated carbocycles. The van der Waals surface area contributed by atoms with Gasteiger partial charge in [-0.2, -0.15) is 0 Å². The van der Waals surface area contributed by atoms with E-state index in [0.717, 1.165) is 11.0 Å². The van der Waals surface area contributed by atoms with E-state index in [9.17, 15) is 9.59 Å². The lowest BCUT2D eigenvalue weighted by molar-refractivity contribution is -0.113. The number of carbonyl (C=O) groups excluding carboxylic acids is 2. The smallest absolute Gasteiger partial charge is 0.251 e. The average Bonchev–Trinajstić information content (AvgIpc) is 3.25. The van der Waals surface area contributed by atoms with Gasteiger partial charge in [-0.05, 0) is 36.4 Å². The highest BCUT2D eigenvalue weighted by Crippen LogP contribution is 2.23. The van der Waals surface area contributed by atoms with Crippen LogP contribution in [0.15, 0.2) is 53.7 Å². The van der Waals surface area contributed by atoms with E-state index in [-0.39, 0.29) is 17.6 Å². The fraction of sp³-hybridized carbons (Fsp3) is 0.111. The molecule has 4 rings (SSSR count). The number of carbonyl (C=O) groups is 2. The van der Waals surface area contributed by atoms with Gasteiger partial charge in [0.05, 0.1) is 16.8 Å². The first-order valence-corrected chi connectivity index (χ1v) is 9.20. The van der Waals surface area contributed by atoms with Crippen LogP contribution in [-0.2, 0) is 4.79 Å². The lowest BCUT2D eigenvalue weighted by Crippen LogP contribution is -2.18. The summed E-state index contributed by atoms with van der Waals surface area (Å²) in [6.45, 7) is 0. The summed E-state index contributed by atoms with van der Waals surface area (Å²) in [5, 5.41) is 13.2. The quantitative estimate of drug-likeness (QED) is 0.461. The number of nitrogens with zero attached hydrogens (tertiary/aromatic N) is 3. The minimum atomic E-state index is -0.168. The molecule has 0 aliphatic heterocycles. The van der Waals surface area contributed by atoms with Gasteiger partial charge in [-0.1, -0.05) is 23.9 Å². The molecular weight excluding hydrogens is 364 g/mol. The number of hydrogen-bond donors (Lipinski definition) is 3. The Morgan fingerprint density at radius 2 is 1.93 bits per heavy atom. The van der Waals surface area contributed by atoms with E-state index in [1.807, 2.05) is 28.7 Å². The van der Waals surface area contributed by atoms with Crippen molar-refractivity contribution in [3.8, 4) is 0 Å². The monoisotopic (exact) mass is 380 g/mol. The molecular formula is C18H16N6O2S. The Morgan fingerprint density at radius 1 is 1.15 bits per heavy atom. The summed E-state index contributed by atoms with van der Waals surface area (Å²) in [6.07, 6.45) is 0. The number of para-hydroxylation sites is 2. The summed E-state index contributed by atoms with van der Waals surface area (Å²) in [5.41, 5.74) is 2.98. The van der Waals surface area contributed by atoms with E-state index in [1.165, 1.54) is 11.8 Å². The van der Waals surface area contributed by atoms with Gasteiger partial charge in [0.1, 0.15) is 0 Å². The maximum Gasteiger partial charge on any atom is 0.251 e. The zero-order chi connectivity index (χ0) is 18.8. The van der Waals surface area contributed by atoms with Crippen molar-refractivity contribution in [2.75, 3.05) is 18.1 Å². The van der Waals surface area contributed by atoms with E-state index in [0.29, 0.717) is 22.2 Å². The van der Waals surface area contributed by atoms with Crippen LogP contribution in [0.25, 0.3) is 16.8 Å². The van der Waals surface area contributed by atoms with Crippen LogP contribution in [0.5, 0.6) is 0 Å². The fourth-order valence-electron chi connectivity index (χ4n) is 2.72. The predicted molar refractivity (Wildman–Crippen MR) is 104 cm³/mol. The molecule has 0 spiro atoms. The number of thioether (sulfide) groups is 1. The molecule has 0 aliphatic carbocycles. The molecule has 9 heteroatoms. The molecule has 2 aromatic heterocycles. The molecule has 0 saturated heterocycles. The molecule has 0 radical (unpaired) electrons. The maximum atomic E-state index is 12.2. The molecule has 2 aromatic carbocycles. The van der Waals surface area contributed by atoms with Gasteiger partial charge in [0.25, 0.3) is 5.91 Å². The summed E-state index contributed by atoms with van der Waals surface area (Å²) in [7, 11) is 1.57. The Morgan fingerprint density at radius 3 is 2.70 bits per heavy atom. The number of rotatable bonds is 5. The Hall–Kier alpha value is -3.33. The summed E-state index contributed by atoms with van der Waals surface area (Å²) in [4.78, 5) is 28.2. The molecule has 27 heavy (non-hydrogen) atoms. The standard InChI is InChI=1S/C18H16N6O2S/c1-19-16(26)11-6-8-12(9-7-11)20-15(25)10-27-18-23-22-17-21-13-4-2-3-5-14(13)24(17)18/h2-9H,10H2,1H3,(H,19,26)(H,20,25)(H,21,22). The summed E-state index contributed by atoms with van der Waals surface area (Å²) in [6, 6.07) is 14.5. The minimum Gasteiger partial charge on any atom is -0.355 e. The van der Waals surface area contributed by atoms with Gasteiger partial charge in [0.2, 0.25) is 11.7 Å². The van der Waals surface area contributed by atoms with E-state index >= 15 is 0 Å². The highest BCUT2D eigenvalue weighted by Gasteiger charge is 2.13. The van der Waals surface area contributed by atoms with Crippen LogP contribution < -0.4 is 10.6 Å². The van der Waals surface area contributed by atoms with E-state index in [1.54, 1.807) is 31.3 Å². The summed E-state index contributed by atoms with van der Waals surface area (Å²) >= 11 is 1.32. The van der Waals surface area contributed by atoms with Crippen LogP contribution in [0.3, 0.4) is 0 Å². The zero-order valence-electron chi connectivity index (χ0n) is 14.4. The average molecular weight is 380 g/mol. The van der Waals surface area contributed by atoms with Gasteiger partial charge in [-0.25, -0.2) is 10.1 Å². The maximum absolute atomic E-state index is 12.2. The molecule has 8 nitrogen and oxygen atoms in total. The van der Waals surface area contributed by atoms with Crippen molar-refractivity contribution in [2.24, 2.45) is 0 Å². The van der Waals surface area contributed by atoms with Crippen molar-refractivity contribution in [1.82, 2.24) is 24.9 Å². The van der Waals surface area contributed by atoms with Crippen LogP contribution in [0.1, 0.15) is 10.4 Å². The number of aromatic nitrogens is 4. The Balaban J connectivity index is 1.43. The van der Waals surface area contributed by atoms with Gasteiger partial charge >= 0.3 is 0 Å². The number of hydrogen-bond acceptors (Lipinski definition) is 5. The molecule has 2 amide bonds. The second-order valence-corrected chi connectivity index (χ2v) is 6.70. The van der Waals surface area contributed by atoms with Gasteiger partial charge in [-0.15, -0.1) is 5.10 Å². The van der Waals surface area contributed by atoms with Crippen LogP contribution >= 0.6 is 11.8 Å². The van der Waals surface area contributed by atoms with Gasteiger partial charge in [0, 0.05) is 18.3 Å². The fourth-order valence-corrected chi connectivity index (χ4v) is 3.47.